The first kappa shape index (κ1) is 8.52. The molecule has 1 rings (SSSR count). The van der Waals surface area contributed by atoms with Gasteiger partial charge >= 0.3 is 0 Å². The van der Waals surface area contributed by atoms with Gasteiger partial charge in [0.25, 0.3) is 0 Å². The third-order valence-electron chi connectivity index (χ3n) is 1.68. The zero-order valence-electron chi connectivity index (χ0n) is 6.48. The molecule has 1 heterocycles. The molecule has 0 aromatic rings. The number of ketones is 1. The quantitative estimate of drug-likeness (QED) is 0.425. The molecule has 0 saturated heterocycles. The van der Waals surface area contributed by atoms with Crippen LogP contribution < -0.4 is 0 Å². The molecule has 4 nitrogen and oxygen atoms in total. The van der Waals surface area contributed by atoms with Crippen molar-refractivity contribution >= 4 is 24.1 Å². The number of aldehydes is 2. The normalized spacial score (nSPS) is 22.8. The monoisotopic (exact) mass is 165 g/mol. The average Bonchev–Trinajstić information content (AvgIpc) is 2.09. The second-order valence-electron chi connectivity index (χ2n) is 2.44. The molecule has 62 valence electrons. The van der Waals surface area contributed by atoms with Crippen molar-refractivity contribution in [1.29, 1.82) is 0 Å². The predicted molar refractivity (Wildman–Crippen MR) is 41.8 cm³/mol. The van der Waals surface area contributed by atoms with Crippen LogP contribution >= 0.6 is 0 Å². The van der Waals surface area contributed by atoms with Crippen molar-refractivity contribution < 1.29 is 14.4 Å². The van der Waals surface area contributed by atoms with Crippen molar-refractivity contribution in [2.24, 2.45) is 10.9 Å². The highest BCUT2D eigenvalue weighted by Crippen LogP contribution is 2.13. The lowest BCUT2D eigenvalue weighted by Gasteiger charge is -2.11. The lowest BCUT2D eigenvalue weighted by atomic mass is 9.93. The van der Waals surface area contributed by atoms with Crippen LogP contribution in [0.5, 0.6) is 0 Å². The van der Waals surface area contributed by atoms with Crippen LogP contribution in [0, 0.1) is 5.92 Å². The summed E-state index contributed by atoms with van der Waals surface area (Å²) in [6, 6.07) is 0. The topological polar surface area (TPSA) is 63.6 Å². The minimum absolute atomic E-state index is 0.126. The van der Waals surface area contributed by atoms with Crippen molar-refractivity contribution in [3.05, 3.63) is 11.8 Å². The number of carbonyl (C=O) groups is 3. The standard InChI is InChI=1S/C8H7NO3/c1-5-8(12)7(4-11)6(3-10)2-9-5/h2-4,7H,1H3. The summed E-state index contributed by atoms with van der Waals surface area (Å²) in [6.07, 6.45) is 2.19. The number of allylic oxidation sites excluding steroid dienone is 1. The molecular formula is C8H7NO3. The van der Waals surface area contributed by atoms with Gasteiger partial charge in [0.05, 0.1) is 5.71 Å². The van der Waals surface area contributed by atoms with Crippen molar-refractivity contribution in [2.45, 2.75) is 6.92 Å². The molecule has 4 heteroatoms. The van der Waals surface area contributed by atoms with Crippen LogP contribution in [0.4, 0.5) is 0 Å². The van der Waals surface area contributed by atoms with Crippen LogP contribution in [-0.2, 0) is 14.4 Å². The summed E-state index contributed by atoms with van der Waals surface area (Å²) >= 11 is 0. The van der Waals surface area contributed by atoms with Crippen molar-refractivity contribution in [2.75, 3.05) is 0 Å². The number of hydrogen-bond donors (Lipinski definition) is 0. The molecule has 0 radical (unpaired) electrons. The summed E-state index contributed by atoms with van der Waals surface area (Å²) in [5.74, 6) is -1.34. The predicted octanol–water partition coefficient (Wildman–Crippen LogP) is -0.0721. The Hall–Kier alpha value is -1.58. The molecule has 1 unspecified atom stereocenters. The van der Waals surface area contributed by atoms with E-state index in [9.17, 15) is 14.4 Å². The minimum atomic E-state index is -0.944. The van der Waals surface area contributed by atoms with Gasteiger partial charge in [0.15, 0.2) is 5.78 Å². The number of rotatable bonds is 2. The summed E-state index contributed by atoms with van der Waals surface area (Å²) in [6.45, 7) is 1.51. The third-order valence-corrected chi connectivity index (χ3v) is 1.68. The maximum atomic E-state index is 11.2. The van der Waals surface area contributed by atoms with E-state index in [0.717, 1.165) is 0 Å². The zero-order valence-corrected chi connectivity index (χ0v) is 6.48. The molecule has 0 aromatic carbocycles. The van der Waals surface area contributed by atoms with Gasteiger partial charge in [-0.25, -0.2) is 0 Å². The molecule has 0 bridgehead atoms. The van der Waals surface area contributed by atoms with Crippen LogP contribution in [0.1, 0.15) is 6.92 Å². The molecule has 0 aliphatic carbocycles. The Morgan fingerprint density at radius 2 is 2.17 bits per heavy atom. The van der Waals surface area contributed by atoms with Gasteiger partial charge in [0.1, 0.15) is 18.5 Å². The highest BCUT2D eigenvalue weighted by atomic mass is 16.1. The fraction of sp³-hybridized carbons (Fsp3) is 0.250. The number of carbonyl (C=O) groups excluding carboxylic acids is 3. The Bertz CT molecular complexity index is 301. The van der Waals surface area contributed by atoms with Gasteiger partial charge in [0.2, 0.25) is 0 Å². The van der Waals surface area contributed by atoms with E-state index in [1.54, 1.807) is 0 Å². The highest BCUT2D eigenvalue weighted by molar-refractivity contribution is 6.44. The first-order valence-electron chi connectivity index (χ1n) is 3.40. The van der Waals surface area contributed by atoms with E-state index in [0.29, 0.717) is 12.6 Å². The first-order valence-corrected chi connectivity index (χ1v) is 3.40. The SMILES string of the molecule is CC1=NC=C(C=O)C(C=O)C1=O. The van der Waals surface area contributed by atoms with E-state index in [1.807, 2.05) is 0 Å². The van der Waals surface area contributed by atoms with E-state index >= 15 is 0 Å². The summed E-state index contributed by atoms with van der Waals surface area (Å²) in [5.41, 5.74) is 0.387. The fourth-order valence-corrected chi connectivity index (χ4v) is 0.936. The first-order chi connectivity index (χ1) is 5.70. The number of Topliss-reactive ketones (excluding diaryl/α,β-unsaturated/α-hetero) is 1. The van der Waals surface area contributed by atoms with Gasteiger partial charge in [-0.1, -0.05) is 0 Å². The van der Waals surface area contributed by atoms with Crippen molar-refractivity contribution in [3.8, 4) is 0 Å². The number of nitrogens with zero attached hydrogens (tertiary/aromatic N) is 1. The molecule has 0 aromatic heterocycles. The van der Waals surface area contributed by atoms with Gasteiger partial charge < -0.3 is 4.79 Å². The molecule has 1 aliphatic heterocycles. The Morgan fingerprint density at radius 1 is 1.50 bits per heavy atom. The van der Waals surface area contributed by atoms with Crippen LogP contribution in [-0.4, -0.2) is 24.1 Å². The summed E-state index contributed by atoms with van der Waals surface area (Å²) in [7, 11) is 0. The maximum absolute atomic E-state index is 11.2. The molecule has 0 N–H and O–H groups in total. The lowest BCUT2D eigenvalue weighted by molar-refractivity contribution is -0.122. The molecule has 12 heavy (non-hydrogen) atoms. The van der Waals surface area contributed by atoms with Gasteiger partial charge in [-0.05, 0) is 6.92 Å². The molecular weight excluding hydrogens is 158 g/mol. The number of aliphatic imine (C=N–C) groups is 1. The third kappa shape index (κ3) is 1.23. The average molecular weight is 165 g/mol. The Labute approximate surface area is 69.0 Å². The van der Waals surface area contributed by atoms with Crippen LogP contribution in [0.15, 0.2) is 16.8 Å². The van der Waals surface area contributed by atoms with Crippen LogP contribution in [0.2, 0.25) is 0 Å². The Morgan fingerprint density at radius 3 is 2.67 bits per heavy atom. The van der Waals surface area contributed by atoms with Crippen LogP contribution in [0.25, 0.3) is 0 Å². The zero-order chi connectivity index (χ0) is 9.14. The molecule has 0 fully saturated rings. The molecule has 1 aliphatic rings. The molecule has 0 saturated carbocycles. The fourth-order valence-electron chi connectivity index (χ4n) is 0.936. The van der Waals surface area contributed by atoms with Gasteiger partial charge in [-0.3, -0.25) is 14.6 Å². The van der Waals surface area contributed by atoms with Gasteiger partial charge in [-0.2, -0.15) is 0 Å². The largest absolute Gasteiger partial charge is 0.302 e. The molecule has 0 amide bonds. The van der Waals surface area contributed by atoms with Crippen LogP contribution in [0.3, 0.4) is 0 Å². The summed E-state index contributed by atoms with van der Waals surface area (Å²) < 4.78 is 0. The smallest absolute Gasteiger partial charge is 0.191 e. The van der Waals surface area contributed by atoms with Crippen molar-refractivity contribution in [3.63, 3.8) is 0 Å². The van der Waals surface area contributed by atoms with E-state index in [1.165, 1.54) is 13.1 Å². The Balaban J connectivity index is 3.09. The van der Waals surface area contributed by atoms with E-state index in [2.05, 4.69) is 4.99 Å². The number of hydrogen-bond acceptors (Lipinski definition) is 4. The summed E-state index contributed by atoms with van der Waals surface area (Å²) in [5, 5.41) is 0. The minimum Gasteiger partial charge on any atom is -0.302 e. The van der Waals surface area contributed by atoms with Gasteiger partial charge in [0, 0.05) is 11.8 Å². The second-order valence-corrected chi connectivity index (χ2v) is 2.44. The maximum Gasteiger partial charge on any atom is 0.191 e. The molecule has 0 spiro atoms. The lowest BCUT2D eigenvalue weighted by Crippen LogP contribution is -2.27. The second kappa shape index (κ2) is 3.21. The van der Waals surface area contributed by atoms with E-state index in [4.69, 9.17) is 0 Å². The Kier molecular flexibility index (Phi) is 2.28. The van der Waals surface area contributed by atoms with Gasteiger partial charge in [-0.15, -0.1) is 0 Å². The molecule has 1 atom stereocenters. The summed E-state index contributed by atoms with van der Waals surface area (Å²) in [4.78, 5) is 35.6. The highest BCUT2D eigenvalue weighted by Gasteiger charge is 2.26. The van der Waals surface area contributed by atoms with E-state index in [-0.39, 0.29) is 11.3 Å². The van der Waals surface area contributed by atoms with Crippen molar-refractivity contribution in [1.82, 2.24) is 0 Å². The van der Waals surface area contributed by atoms with E-state index < -0.39 is 11.7 Å².